The zero-order valence-corrected chi connectivity index (χ0v) is 14.9. The zero-order chi connectivity index (χ0) is 17.5. The lowest BCUT2D eigenvalue weighted by Gasteiger charge is -2.09. The Bertz CT molecular complexity index is 683. The van der Waals surface area contributed by atoms with Gasteiger partial charge < -0.3 is 19.2 Å². The lowest BCUT2D eigenvalue weighted by Crippen LogP contribution is -2.32. The Labute approximate surface area is 150 Å². The smallest absolute Gasteiger partial charge is 0.277 e. The van der Waals surface area contributed by atoms with E-state index in [0.717, 1.165) is 30.8 Å². The lowest BCUT2D eigenvalue weighted by molar-refractivity contribution is -0.119. The van der Waals surface area contributed by atoms with E-state index in [1.54, 1.807) is 0 Å². The van der Waals surface area contributed by atoms with Gasteiger partial charge in [-0.15, -0.1) is 10.2 Å². The highest BCUT2D eigenvalue weighted by atomic mass is 32.2. The molecule has 1 aliphatic rings. The number of rotatable bonds is 8. The molecule has 0 bridgehead atoms. The van der Waals surface area contributed by atoms with Crippen molar-refractivity contribution in [2.24, 2.45) is 0 Å². The highest BCUT2D eigenvalue weighted by Crippen LogP contribution is 2.24. The van der Waals surface area contributed by atoms with Crippen LogP contribution in [0.5, 0.6) is 5.75 Å². The number of amides is 1. The monoisotopic (exact) mass is 363 g/mol. The number of thioether (sulfide) groups is 1. The zero-order valence-electron chi connectivity index (χ0n) is 14.1. The molecule has 1 aliphatic heterocycles. The molecule has 1 fully saturated rings. The molecule has 1 N–H and O–H groups in total. The number of nitrogens with zero attached hydrogens (tertiary/aromatic N) is 2. The molecule has 2 aromatic rings. The topological polar surface area (TPSA) is 86.5 Å². The summed E-state index contributed by atoms with van der Waals surface area (Å²) in [5.74, 6) is 1.38. The Morgan fingerprint density at radius 2 is 2.20 bits per heavy atom. The van der Waals surface area contributed by atoms with Crippen LogP contribution in [0.25, 0.3) is 11.5 Å². The fourth-order valence-electron chi connectivity index (χ4n) is 2.46. The molecule has 1 saturated heterocycles. The first-order chi connectivity index (χ1) is 12.2. The number of nitrogens with one attached hydrogen (secondary N) is 1. The van der Waals surface area contributed by atoms with Crippen LogP contribution in [-0.2, 0) is 9.53 Å². The Kier molecular flexibility index (Phi) is 6.30. The molecule has 25 heavy (non-hydrogen) atoms. The molecule has 0 unspecified atom stereocenters. The number of hydrogen-bond acceptors (Lipinski definition) is 7. The highest BCUT2D eigenvalue weighted by Gasteiger charge is 2.17. The van der Waals surface area contributed by atoms with Crippen molar-refractivity contribution in [3.05, 3.63) is 24.3 Å². The fraction of sp³-hybridized carbons (Fsp3) is 0.471. The van der Waals surface area contributed by atoms with Gasteiger partial charge in [-0.25, -0.2) is 0 Å². The van der Waals surface area contributed by atoms with Gasteiger partial charge in [0, 0.05) is 18.7 Å². The standard InChI is InChI=1S/C17H21N3O4S/c1-2-22-13-7-5-12(6-8-13)16-19-20-17(24-16)25-11-15(21)18-10-14-4-3-9-23-14/h5-8,14H,2-4,9-11H2,1H3,(H,18,21)/t14-/m0/s1. The van der Waals surface area contributed by atoms with E-state index in [1.807, 2.05) is 31.2 Å². The van der Waals surface area contributed by atoms with Crippen LogP contribution in [0, 0.1) is 0 Å². The quantitative estimate of drug-likeness (QED) is 0.721. The summed E-state index contributed by atoms with van der Waals surface area (Å²) in [6, 6.07) is 7.44. The summed E-state index contributed by atoms with van der Waals surface area (Å²) in [5, 5.41) is 11.2. The second-order valence-electron chi connectivity index (χ2n) is 5.56. The van der Waals surface area contributed by atoms with Crippen molar-refractivity contribution >= 4 is 17.7 Å². The minimum atomic E-state index is -0.0682. The number of benzene rings is 1. The molecule has 8 heteroatoms. The first-order valence-corrected chi connectivity index (χ1v) is 9.31. The average molecular weight is 363 g/mol. The molecule has 0 saturated carbocycles. The van der Waals surface area contributed by atoms with Gasteiger partial charge in [0.1, 0.15) is 5.75 Å². The van der Waals surface area contributed by atoms with Gasteiger partial charge in [0.15, 0.2) is 0 Å². The maximum Gasteiger partial charge on any atom is 0.277 e. The van der Waals surface area contributed by atoms with Crippen molar-refractivity contribution in [3.63, 3.8) is 0 Å². The van der Waals surface area contributed by atoms with Gasteiger partial charge in [-0.2, -0.15) is 0 Å². The van der Waals surface area contributed by atoms with E-state index in [2.05, 4.69) is 15.5 Å². The summed E-state index contributed by atoms with van der Waals surface area (Å²) in [6.45, 7) is 3.90. The first-order valence-electron chi connectivity index (χ1n) is 8.32. The molecule has 7 nitrogen and oxygen atoms in total. The van der Waals surface area contributed by atoms with Crippen LogP contribution < -0.4 is 10.1 Å². The van der Waals surface area contributed by atoms with Gasteiger partial charge >= 0.3 is 0 Å². The van der Waals surface area contributed by atoms with E-state index < -0.39 is 0 Å². The predicted molar refractivity (Wildman–Crippen MR) is 93.6 cm³/mol. The van der Waals surface area contributed by atoms with Crippen molar-refractivity contribution in [1.29, 1.82) is 0 Å². The number of aromatic nitrogens is 2. The van der Waals surface area contributed by atoms with Crippen LogP contribution in [0.2, 0.25) is 0 Å². The number of carbonyl (C=O) groups is 1. The van der Waals surface area contributed by atoms with E-state index in [0.29, 0.717) is 24.3 Å². The van der Waals surface area contributed by atoms with Crippen molar-refractivity contribution in [2.45, 2.75) is 31.1 Å². The summed E-state index contributed by atoms with van der Waals surface area (Å²) in [7, 11) is 0. The van der Waals surface area contributed by atoms with E-state index >= 15 is 0 Å². The molecular weight excluding hydrogens is 342 g/mol. The molecule has 3 rings (SSSR count). The largest absolute Gasteiger partial charge is 0.494 e. The SMILES string of the molecule is CCOc1ccc(-c2nnc(SCC(=O)NC[C@@H]3CCCO3)o2)cc1. The van der Waals surface area contributed by atoms with E-state index in [4.69, 9.17) is 13.9 Å². The molecule has 1 atom stereocenters. The maximum atomic E-state index is 11.9. The summed E-state index contributed by atoms with van der Waals surface area (Å²) in [6.07, 6.45) is 2.21. The molecule has 1 aromatic heterocycles. The predicted octanol–water partition coefficient (Wildman–Crippen LogP) is 2.52. The molecule has 134 valence electrons. The molecule has 0 radical (unpaired) electrons. The number of carbonyl (C=O) groups excluding carboxylic acids is 1. The van der Waals surface area contributed by atoms with E-state index in [1.165, 1.54) is 11.8 Å². The average Bonchev–Trinajstić information content (AvgIpc) is 3.31. The van der Waals surface area contributed by atoms with Crippen LogP contribution in [-0.4, -0.2) is 47.7 Å². The summed E-state index contributed by atoms with van der Waals surface area (Å²) in [5.41, 5.74) is 0.811. The second kappa shape index (κ2) is 8.87. The van der Waals surface area contributed by atoms with E-state index in [9.17, 15) is 4.79 Å². The molecule has 1 amide bonds. The third kappa shape index (κ3) is 5.20. The molecular formula is C17H21N3O4S. The van der Waals surface area contributed by atoms with Gasteiger partial charge in [-0.1, -0.05) is 11.8 Å². The minimum absolute atomic E-state index is 0.0682. The first kappa shape index (κ1) is 17.8. The van der Waals surface area contributed by atoms with Gasteiger partial charge in [-0.3, -0.25) is 4.79 Å². The Hall–Kier alpha value is -2.06. The highest BCUT2D eigenvalue weighted by molar-refractivity contribution is 7.99. The summed E-state index contributed by atoms with van der Waals surface area (Å²) >= 11 is 1.22. The van der Waals surface area contributed by atoms with Gasteiger partial charge in [0.05, 0.1) is 18.5 Å². The molecule has 0 spiro atoms. The van der Waals surface area contributed by atoms with Crippen molar-refractivity contribution in [1.82, 2.24) is 15.5 Å². The normalized spacial score (nSPS) is 16.8. The Morgan fingerprint density at radius 3 is 2.92 bits per heavy atom. The molecule has 1 aromatic carbocycles. The van der Waals surface area contributed by atoms with Gasteiger partial charge in [-0.05, 0) is 44.0 Å². The number of ether oxygens (including phenoxy) is 2. The third-order valence-corrected chi connectivity index (χ3v) is 4.51. The van der Waals surface area contributed by atoms with Crippen LogP contribution >= 0.6 is 11.8 Å². The molecule has 0 aliphatic carbocycles. The van der Waals surface area contributed by atoms with Crippen molar-refractivity contribution in [2.75, 3.05) is 25.5 Å². The Morgan fingerprint density at radius 1 is 1.36 bits per heavy atom. The van der Waals surface area contributed by atoms with E-state index in [-0.39, 0.29) is 17.8 Å². The Balaban J connectivity index is 1.46. The minimum Gasteiger partial charge on any atom is -0.494 e. The van der Waals surface area contributed by atoms with Crippen LogP contribution in [0.1, 0.15) is 19.8 Å². The third-order valence-electron chi connectivity index (χ3n) is 3.70. The lowest BCUT2D eigenvalue weighted by atomic mass is 10.2. The summed E-state index contributed by atoms with van der Waals surface area (Å²) < 4.78 is 16.5. The van der Waals surface area contributed by atoms with Crippen LogP contribution in [0.15, 0.2) is 33.9 Å². The van der Waals surface area contributed by atoms with Gasteiger partial charge in [0.25, 0.3) is 5.22 Å². The fourth-order valence-corrected chi connectivity index (χ4v) is 3.05. The molecule has 2 heterocycles. The second-order valence-corrected chi connectivity index (χ2v) is 6.48. The number of hydrogen-bond donors (Lipinski definition) is 1. The maximum absolute atomic E-state index is 11.9. The van der Waals surface area contributed by atoms with Crippen molar-refractivity contribution in [3.8, 4) is 17.2 Å². The van der Waals surface area contributed by atoms with Crippen molar-refractivity contribution < 1.29 is 18.7 Å². The van der Waals surface area contributed by atoms with Crippen LogP contribution in [0.4, 0.5) is 0 Å². The van der Waals surface area contributed by atoms with Crippen LogP contribution in [0.3, 0.4) is 0 Å². The summed E-state index contributed by atoms with van der Waals surface area (Å²) in [4.78, 5) is 11.9. The van der Waals surface area contributed by atoms with Gasteiger partial charge in [0.2, 0.25) is 11.8 Å².